The van der Waals surface area contributed by atoms with E-state index in [1.807, 2.05) is 0 Å². The highest BCUT2D eigenvalue weighted by Crippen LogP contribution is 2.07. The quantitative estimate of drug-likeness (QED) is 0.438. The van der Waals surface area contributed by atoms with Crippen LogP contribution in [0, 0.1) is 0 Å². The third-order valence-electron chi connectivity index (χ3n) is 3.87. The van der Waals surface area contributed by atoms with E-state index in [1.165, 1.54) is 43.1 Å². The van der Waals surface area contributed by atoms with Crippen molar-refractivity contribution in [2.24, 2.45) is 0 Å². The molecule has 146 valence electrons. The molecule has 0 spiro atoms. The summed E-state index contributed by atoms with van der Waals surface area (Å²) in [5.74, 6) is -0.855. The van der Waals surface area contributed by atoms with Gasteiger partial charge in [0.05, 0.1) is 0 Å². The van der Waals surface area contributed by atoms with Crippen molar-refractivity contribution in [2.75, 3.05) is 13.1 Å². The molecule has 4 amide bonds. The zero-order valence-corrected chi connectivity index (χ0v) is 15.6. The lowest BCUT2D eigenvalue weighted by Crippen LogP contribution is -2.31. The monoisotopic (exact) mass is 376 g/mol. The first-order valence-electron chi connectivity index (χ1n) is 8.78. The summed E-state index contributed by atoms with van der Waals surface area (Å²) in [5.41, 5.74) is 0. The van der Waals surface area contributed by atoms with Gasteiger partial charge in [0, 0.05) is 50.2 Å². The van der Waals surface area contributed by atoms with Gasteiger partial charge in [-0.05, 0) is 33.1 Å². The summed E-state index contributed by atoms with van der Waals surface area (Å²) in [6, 6.07) is 0. The summed E-state index contributed by atoms with van der Waals surface area (Å²) < 4.78 is 0. The first-order chi connectivity index (χ1) is 12.7. The van der Waals surface area contributed by atoms with Gasteiger partial charge in [-0.3, -0.25) is 29.0 Å². The Labute approximate surface area is 157 Å². The van der Waals surface area contributed by atoms with Crippen molar-refractivity contribution >= 4 is 35.2 Å². The zero-order chi connectivity index (χ0) is 20.4. The molecule has 0 aromatic carbocycles. The van der Waals surface area contributed by atoms with Gasteiger partial charge < -0.3 is 9.59 Å². The molecule has 0 aromatic heterocycles. The van der Waals surface area contributed by atoms with E-state index in [0.29, 0.717) is 38.8 Å². The molecule has 8 nitrogen and oxygen atoms in total. The number of nitrogens with zero attached hydrogens (tertiary/aromatic N) is 2. The summed E-state index contributed by atoms with van der Waals surface area (Å²) in [6.45, 7) is 3.78. The first-order valence-corrected chi connectivity index (χ1v) is 8.78. The third-order valence-corrected chi connectivity index (χ3v) is 3.87. The molecule has 0 aliphatic carbocycles. The molecule has 27 heavy (non-hydrogen) atoms. The lowest BCUT2D eigenvalue weighted by Gasteiger charge is -2.12. The summed E-state index contributed by atoms with van der Waals surface area (Å²) >= 11 is 0. The number of hydrogen-bond acceptors (Lipinski definition) is 6. The minimum atomic E-state index is -0.284. The highest BCUT2D eigenvalue weighted by Gasteiger charge is 2.23. The molecule has 2 aliphatic rings. The maximum atomic E-state index is 11.1. The number of Topliss-reactive ketones (excluding diaryl/α,β-unsaturated/α-hetero) is 2. The number of carbonyl (C=O) groups excluding carboxylic acids is 6. The Kier molecular flexibility index (Phi) is 8.98. The fourth-order valence-electron chi connectivity index (χ4n) is 2.43. The number of rotatable bonds is 9. The van der Waals surface area contributed by atoms with Gasteiger partial charge >= 0.3 is 0 Å². The fraction of sp³-hybridized carbons (Fsp3) is 0.474. The Morgan fingerprint density at radius 3 is 1.33 bits per heavy atom. The van der Waals surface area contributed by atoms with Crippen LogP contribution in [-0.2, 0) is 28.8 Å². The van der Waals surface area contributed by atoms with E-state index in [9.17, 15) is 28.8 Å². The van der Waals surface area contributed by atoms with Crippen LogP contribution in [-0.4, -0.2) is 58.1 Å². The molecular weight excluding hydrogens is 352 g/mol. The van der Waals surface area contributed by atoms with Gasteiger partial charge in [0.1, 0.15) is 11.6 Å². The number of imide groups is 2. The molecule has 0 atom stereocenters. The molecule has 0 aromatic rings. The van der Waals surface area contributed by atoms with Crippen molar-refractivity contribution in [1.29, 1.82) is 0 Å². The van der Waals surface area contributed by atoms with Crippen LogP contribution in [0.1, 0.15) is 46.0 Å². The van der Waals surface area contributed by atoms with Crippen LogP contribution in [0.15, 0.2) is 24.3 Å². The van der Waals surface area contributed by atoms with Gasteiger partial charge in [0.25, 0.3) is 23.6 Å². The van der Waals surface area contributed by atoms with Gasteiger partial charge in [0.2, 0.25) is 0 Å². The Morgan fingerprint density at radius 2 is 0.963 bits per heavy atom. The molecular formula is C19H24N2O6. The van der Waals surface area contributed by atoms with Crippen molar-refractivity contribution in [3.63, 3.8) is 0 Å². The normalized spacial score (nSPS) is 15.5. The molecule has 0 saturated carbocycles. The minimum absolute atomic E-state index is 0.0760. The molecule has 0 unspecified atom stereocenters. The highest BCUT2D eigenvalue weighted by molar-refractivity contribution is 6.13. The largest absolute Gasteiger partial charge is 0.300 e. The van der Waals surface area contributed by atoms with E-state index in [2.05, 4.69) is 0 Å². The predicted molar refractivity (Wildman–Crippen MR) is 96.2 cm³/mol. The van der Waals surface area contributed by atoms with Gasteiger partial charge in [-0.25, -0.2) is 0 Å². The topological polar surface area (TPSA) is 109 Å². The molecule has 0 bridgehead atoms. The first kappa shape index (κ1) is 22.1. The van der Waals surface area contributed by atoms with Crippen molar-refractivity contribution in [1.82, 2.24) is 9.80 Å². The predicted octanol–water partition coefficient (Wildman–Crippen LogP) is 0.951. The van der Waals surface area contributed by atoms with E-state index < -0.39 is 0 Å². The maximum Gasteiger partial charge on any atom is 0.253 e. The summed E-state index contributed by atoms with van der Waals surface area (Å²) in [7, 11) is 0. The lowest BCUT2D eigenvalue weighted by atomic mass is 10.2. The molecule has 8 heteroatoms. The zero-order valence-electron chi connectivity index (χ0n) is 15.6. The maximum absolute atomic E-state index is 11.1. The van der Waals surface area contributed by atoms with Crippen LogP contribution < -0.4 is 0 Å². The molecule has 2 aliphatic heterocycles. The lowest BCUT2D eigenvalue weighted by molar-refractivity contribution is -0.138. The van der Waals surface area contributed by atoms with Gasteiger partial charge in [-0.1, -0.05) is 0 Å². The second-order valence-electron chi connectivity index (χ2n) is 6.29. The van der Waals surface area contributed by atoms with Crippen LogP contribution in [0.5, 0.6) is 0 Å². The van der Waals surface area contributed by atoms with Crippen LogP contribution in [0.4, 0.5) is 0 Å². The van der Waals surface area contributed by atoms with E-state index in [1.54, 1.807) is 0 Å². The SMILES string of the molecule is CC(=O)CCCCN1C(=O)C=CC1=O.CC(=O)CCCN1C(=O)C=CC1=O. The Morgan fingerprint density at radius 1 is 0.630 bits per heavy atom. The standard InChI is InChI=1S/C10H13NO3.C9H11NO3/c1-8(12)4-2-3-7-11-9(13)5-6-10(11)14;1-7(11)3-2-6-10-8(12)4-5-9(10)13/h5-6H,2-4,7H2,1H3;4-5H,2-3,6H2,1H3. The van der Waals surface area contributed by atoms with Gasteiger partial charge in [0.15, 0.2) is 0 Å². The Bertz CT molecular complexity index is 656. The smallest absolute Gasteiger partial charge is 0.253 e. The number of hydrogen-bond donors (Lipinski definition) is 0. The molecule has 2 rings (SSSR count). The average Bonchev–Trinajstić information content (AvgIpc) is 3.08. The summed E-state index contributed by atoms with van der Waals surface area (Å²) in [5, 5.41) is 0. The molecule has 0 N–H and O–H groups in total. The number of ketones is 2. The third kappa shape index (κ3) is 7.89. The molecule has 0 radical (unpaired) electrons. The Balaban J connectivity index is 0.000000271. The van der Waals surface area contributed by atoms with E-state index in [4.69, 9.17) is 0 Å². The van der Waals surface area contributed by atoms with Crippen LogP contribution in [0.3, 0.4) is 0 Å². The van der Waals surface area contributed by atoms with Crippen LogP contribution in [0.2, 0.25) is 0 Å². The van der Waals surface area contributed by atoms with Crippen molar-refractivity contribution in [2.45, 2.75) is 46.0 Å². The average molecular weight is 376 g/mol. The number of unbranched alkanes of at least 4 members (excludes halogenated alkanes) is 1. The van der Waals surface area contributed by atoms with Crippen LogP contribution >= 0.6 is 0 Å². The van der Waals surface area contributed by atoms with E-state index in [0.717, 1.165) is 11.3 Å². The number of carbonyl (C=O) groups is 6. The highest BCUT2D eigenvalue weighted by atomic mass is 16.2. The molecule has 0 saturated heterocycles. The molecule has 0 fully saturated rings. The minimum Gasteiger partial charge on any atom is -0.300 e. The Hall–Kier alpha value is -2.90. The van der Waals surface area contributed by atoms with Crippen LogP contribution in [0.25, 0.3) is 0 Å². The second-order valence-corrected chi connectivity index (χ2v) is 6.29. The fourth-order valence-corrected chi connectivity index (χ4v) is 2.43. The van der Waals surface area contributed by atoms with E-state index >= 15 is 0 Å². The van der Waals surface area contributed by atoms with Crippen molar-refractivity contribution in [3.8, 4) is 0 Å². The summed E-state index contributed by atoms with van der Waals surface area (Å²) in [4.78, 5) is 67.6. The number of amides is 4. The van der Waals surface area contributed by atoms with Crippen molar-refractivity contribution in [3.05, 3.63) is 24.3 Å². The summed E-state index contributed by atoms with van der Waals surface area (Å²) in [6.07, 6.45) is 7.94. The van der Waals surface area contributed by atoms with Gasteiger partial charge in [-0.15, -0.1) is 0 Å². The van der Waals surface area contributed by atoms with E-state index in [-0.39, 0.29) is 35.2 Å². The van der Waals surface area contributed by atoms with Gasteiger partial charge in [-0.2, -0.15) is 0 Å². The molecule has 2 heterocycles. The second kappa shape index (κ2) is 10.9. The van der Waals surface area contributed by atoms with Crippen molar-refractivity contribution < 1.29 is 28.8 Å².